The number of carbonyl (C=O) groups is 2. The molecule has 2 amide bonds. The first-order valence-corrected chi connectivity index (χ1v) is 10.4. The van der Waals surface area contributed by atoms with Gasteiger partial charge in [-0.25, -0.2) is 4.79 Å². The van der Waals surface area contributed by atoms with E-state index in [4.69, 9.17) is 4.74 Å². The molecule has 1 N–H and O–H groups in total. The van der Waals surface area contributed by atoms with Crippen molar-refractivity contribution < 1.29 is 14.3 Å². The molecular formula is C22H31N5O3. The number of H-pyrrole nitrogens is 1. The van der Waals surface area contributed by atoms with Crippen LogP contribution in [0.15, 0.2) is 42.7 Å². The van der Waals surface area contributed by atoms with Gasteiger partial charge in [-0.1, -0.05) is 18.2 Å². The van der Waals surface area contributed by atoms with Gasteiger partial charge in [-0.15, -0.1) is 0 Å². The molecule has 3 rings (SSSR count). The van der Waals surface area contributed by atoms with E-state index in [1.54, 1.807) is 0 Å². The highest BCUT2D eigenvalue weighted by atomic mass is 16.6. The van der Waals surface area contributed by atoms with Crippen LogP contribution in [0.3, 0.4) is 0 Å². The summed E-state index contributed by atoms with van der Waals surface area (Å²) in [5.41, 5.74) is 1.21. The van der Waals surface area contributed by atoms with Crippen LogP contribution in [0.4, 0.5) is 10.5 Å². The Kier molecular flexibility index (Phi) is 7.10. The van der Waals surface area contributed by atoms with E-state index >= 15 is 0 Å². The van der Waals surface area contributed by atoms with E-state index < -0.39 is 11.7 Å². The average molecular weight is 414 g/mol. The van der Waals surface area contributed by atoms with Crippen LogP contribution in [0, 0.1) is 0 Å². The molecule has 0 atom stereocenters. The molecular weight excluding hydrogens is 382 g/mol. The Morgan fingerprint density at radius 3 is 2.43 bits per heavy atom. The maximum atomic E-state index is 12.9. The third-order valence-electron chi connectivity index (χ3n) is 4.97. The standard InChI is InChI=1S/C22H31N5O3/c1-22(2,3)30-21(29)27(19-7-5-4-6-8-19)17-20(28)26-13-11-25(12-14-26)10-9-18-15-23-24-16-18/h4-8,15-16H,9-14,17H2,1-3H3,(H,23,24). The van der Waals surface area contributed by atoms with Gasteiger partial charge >= 0.3 is 6.09 Å². The van der Waals surface area contributed by atoms with Crippen LogP contribution in [-0.4, -0.2) is 76.9 Å². The van der Waals surface area contributed by atoms with E-state index in [9.17, 15) is 9.59 Å². The molecule has 0 radical (unpaired) electrons. The van der Waals surface area contributed by atoms with Crippen LogP contribution in [0.2, 0.25) is 0 Å². The van der Waals surface area contributed by atoms with Gasteiger partial charge in [-0.05, 0) is 44.9 Å². The second-order valence-electron chi connectivity index (χ2n) is 8.48. The number of ether oxygens (including phenoxy) is 1. The molecule has 0 spiro atoms. The Hall–Kier alpha value is -2.87. The fourth-order valence-corrected chi connectivity index (χ4v) is 3.34. The molecule has 8 heteroatoms. The number of aromatic nitrogens is 2. The highest BCUT2D eigenvalue weighted by Crippen LogP contribution is 2.18. The van der Waals surface area contributed by atoms with Gasteiger partial charge in [0.2, 0.25) is 5.91 Å². The first-order chi connectivity index (χ1) is 14.3. The summed E-state index contributed by atoms with van der Waals surface area (Å²) in [7, 11) is 0. The highest BCUT2D eigenvalue weighted by Gasteiger charge is 2.28. The molecule has 1 aromatic heterocycles. The van der Waals surface area contributed by atoms with Gasteiger partial charge in [0.15, 0.2) is 0 Å². The van der Waals surface area contributed by atoms with E-state index in [1.165, 1.54) is 10.5 Å². The molecule has 1 aromatic carbocycles. The second kappa shape index (κ2) is 9.75. The Balaban J connectivity index is 1.56. The predicted octanol–water partition coefficient (Wildman–Crippen LogP) is 2.54. The van der Waals surface area contributed by atoms with Crippen molar-refractivity contribution in [2.45, 2.75) is 32.8 Å². The fraction of sp³-hybridized carbons (Fsp3) is 0.500. The van der Waals surface area contributed by atoms with Crippen molar-refractivity contribution in [1.29, 1.82) is 0 Å². The minimum absolute atomic E-state index is 0.0338. The van der Waals surface area contributed by atoms with Crippen LogP contribution in [-0.2, 0) is 16.0 Å². The number of amides is 2. The molecule has 1 aliphatic heterocycles. The number of rotatable bonds is 6. The fourth-order valence-electron chi connectivity index (χ4n) is 3.34. The average Bonchev–Trinajstić information content (AvgIpc) is 3.23. The number of para-hydroxylation sites is 1. The lowest BCUT2D eigenvalue weighted by molar-refractivity contribution is -0.131. The van der Waals surface area contributed by atoms with Crippen molar-refractivity contribution in [2.24, 2.45) is 0 Å². The number of nitrogens with zero attached hydrogens (tertiary/aromatic N) is 4. The van der Waals surface area contributed by atoms with Crippen molar-refractivity contribution >= 4 is 17.7 Å². The van der Waals surface area contributed by atoms with E-state index in [0.717, 1.165) is 26.1 Å². The summed E-state index contributed by atoms with van der Waals surface area (Å²) >= 11 is 0. The molecule has 0 bridgehead atoms. The number of carbonyl (C=O) groups excluding carboxylic acids is 2. The van der Waals surface area contributed by atoms with Gasteiger partial charge in [0.05, 0.1) is 6.20 Å². The molecule has 0 unspecified atom stereocenters. The van der Waals surface area contributed by atoms with Crippen LogP contribution in [0.5, 0.6) is 0 Å². The minimum atomic E-state index is -0.631. The zero-order chi connectivity index (χ0) is 21.6. The number of hydrogen-bond acceptors (Lipinski definition) is 5. The maximum Gasteiger partial charge on any atom is 0.415 e. The predicted molar refractivity (Wildman–Crippen MR) is 115 cm³/mol. The lowest BCUT2D eigenvalue weighted by atomic mass is 10.2. The van der Waals surface area contributed by atoms with E-state index in [1.807, 2.05) is 68.4 Å². The van der Waals surface area contributed by atoms with Crippen molar-refractivity contribution in [3.63, 3.8) is 0 Å². The molecule has 162 valence electrons. The highest BCUT2D eigenvalue weighted by molar-refractivity contribution is 5.95. The molecule has 8 nitrogen and oxygen atoms in total. The molecule has 1 aliphatic rings. The number of aromatic amines is 1. The minimum Gasteiger partial charge on any atom is -0.443 e. The zero-order valence-electron chi connectivity index (χ0n) is 18.0. The molecule has 2 aromatic rings. The molecule has 1 saturated heterocycles. The molecule has 30 heavy (non-hydrogen) atoms. The normalized spacial score (nSPS) is 15.1. The Labute approximate surface area is 177 Å². The first kappa shape index (κ1) is 21.8. The van der Waals surface area contributed by atoms with Crippen molar-refractivity contribution in [3.8, 4) is 0 Å². The first-order valence-electron chi connectivity index (χ1n) is 10.4. The van der Waals surface area contributed by atoms with Gasteiger partial charge < -0.3 is 9.64 Å². The summed E-state index contributed by atoms with van der Waals surface area (Å²) in [6.45, 7) is 9.31. The second-order valence-corrected chi connectivity index (χ2v) is 8.48. The van der Waals surface area contributed by atoms with Crippen molar-refractivity contribution in [1.82, 2.24) is 20.0 Å². The molecule has 0 saturated carbocycles. The molecule has 0 aliphatic carbocycles. The topological polar surface area (TPSA) is 81.8 Å². The van der Waals surface area contributed by atoms with Crippen LogP contribution in [0.1, 0.15) is 26.3 Å². The summed E-state index contributed by atoms with van der Waals surface area (Å²) in [5, 5.41) is 6.80. The SMILES string of the molecule is CC(C)(C)OC(=O)N(CC(=O)N1CCN(CCc2cn[nH]c2)CC1)c1ccccc1. The lowest BCUT2D eigenvalue weighted by Gasteiger charge is -2.36. The van der Waals surface area contributed by atoms with E-state index in [0.29, 0.717) is 18.8 Å². The van der Waals surface area contributed by atoms with E-state index in [2.05, 4.69) is 15.1 Å². The van der Waals surface area contributed by atoms with Gasteiger partial charge in [0.1, 0.15) is 12.1 Å². The Bertz CT molecular complexity index is 809. The summed E-state index contributed by atoms with van der Waals surface area (Å²) in [6, 6.07) is 9.18. The van der Waals surface area contributed by atoms with Crippen LogP contribution in [0.25, 0.3) is 0 Å². The van der Waals surface area contributed by atoms with Crippen LogP contribution < -0.4 is 4.90 Å². The summed E-state index contributed by atoms with van der Waals surface area (Å²) in [5.74, 6) is -0.0702. The number of anilines is 1. The number of benzene rings is 1. The number of nitrogens with one attached hydrogen (secondary N) is 1. The largest absolute Gasteiger partial charge is 0.443 e. The number of hydrogen-bond donors (Lipinski definition) is 1. The Morgan fingerprint density at radius 2 is 1.83 bits per heavy atom. The summed E-state index contributed by atoms with van der Waals surface area (Å²) in [6.07, 6.45) is 4.18. The molecule has 2 heterocycles. The Morgan fingerprint density at radius 1 is 1.13 bits per heavy atom. The third kappa shape index (κ3) is 6.32. The van der Waals surface area contributed by atoms with Crippen molar-refractivity contribution in [3.05, 3.63) is 48.3 Å². The third-order valence-corrected chi connectivity index (χ3v) is 4.97. The monoisotopic (exact) mass is 413 g/mol. The van der Waals surface area contributed by atoms with Gasteiger partial charge in [0, 0.05) is 44.6 Å². The maximum absolute atomic E-state index is 12.9. The smallest absolute Gasteiger partial charge is 0.415 e. The quantitative estimate of drug-likeness (QED) is 0.787. The summed E-state index contributed by atoms with van der Waals surface area (Å²) < 4.78 is 5.53. The number of piperazine rings is 1. The zero-order valence-corrected chi connectivity index (χ0v) is 18.0. The van der Waals surface area contributed by atoms with Crippen LogP contribution >= 0.6 is 0 Å². The van der Waals surface area contributed by atoms with Gasteiger partial charge in [-0.3, -0.25) is 19.7 Å². The van der Waals surface area contributed by atoms with Gasteiger partial charge in [-0.2, -0.15) is 5.10 Å². The summed E-state index contributed by atoms with van der Waals surface area (Å²) in [4.78, 5) is 31.3. The lowest BCUT2D eigenvalue weighted by Crippen LogP contribution is -2.52. The van der Waals surface area contributed by atoms with Crippen molar-refractivity contribution in [2.75, 3.05) is 44.2 Å². The van der Waals surface area contributed by atoms with E-state index in [-0.39, 0.29) is 12.5 Å². The molecule has 1 fully saturated rings. The van der Waals surface area contributed by atoms with Gasteiger partial charge in [0.25, 0.3) is 0 Å².